The Hall–Kier alpha value is -1.05. The van der Waals surface area contributed by atoms with Crippen LogP contribution in [0.15, 0.2) is 21.6 Å². The number of rotatable bonds is 5. The standard InChI is InChI=1S/C17H16BrClN6S2/c1-16(2-3-16)24-27-9-6-10(18)11-12(19)23-14(25(11)7-9)13(21)26-15(22)17(8-20)4-5-17/h6-7,21-22,24H,2-5H2,1H3. The second-order valence-corrected chi connectivity index (χ2v) is 10.3. The molecular formula is C17H16BrClN6S2. The second-order valence-electron chi connectivity index (χ2n) is 7.19. The fourth-order valence-corrected chi connectivity index (χ4v) is 5.50. The van der Waals surface area contributed by atoms with Crippen LogP contribution >= 0.6 is 51.2 Å². The zero-order valence-electron chi connectivity index (χ0n) is 14.4. The highest BCUT2D eigenvalue weighted by molar-refractivity contribution is 9.10. The molecule has 2 heterocycles. The maximum Gasteiger partial charge on any atom is 0.171 e. The van der Waals surface area contributed by atoms with Gasteiger partial charge in [-0.15, -0.1) is 0 Å². The highest BCUT2D eigenvalue weighted by Crippen LogP contribution is 2.49. The molecule has 10 heteroatoms. The van der Waals surface area contributed by atoms with Gasteiger partial charge in [-0.2, -0.15) is 5.26 Å². The summed E-state index contributed by atoms with van der Waals surface area (Å²) in [5, 5.41) is 26.5. The summed E-state index contributed by atoms with van der Waals surface area (Å²) in [6.45, 7) is 2.19. The van der Waals surface area contributed by atoms with E-state index in [0.29, 0.717) is 29.3 Å². The Labute approximate surface area is 178 Å². The monoisotopic (exact) mass is 482 g/mol. The van der Waals surface area contributed by atoms with Crippen molar-refractivity contribution >= 4 is 66.8 Å². The van der Waals surface area contributed by atoms with E-state index < -0.39 is 5.41 Å². The second kappa shape index (κ2) is 6.78. The van der Waals surface area contributed by atoms with Crippen LogP contribution in [0.5, 0.6) is 0 Å². The normalized spacial score (nSPS) is 18.9. The summed E-state index contributed by atoms with van der Waals surface area (Å²) in [5.41, 5.74) is 0.167. The SMILES string of the molecule is CC1(NSc2cc(Br)c3c(Cl)nc(C(=N)SC(=N)C4(C#N)CC4)n3c2)CC1. The van der Waals surface area contributed by atoms with Gasteiger partial charge in [-0.05, 0) is 66.6 Å². The Morgan fingerprint density at radius 1 is 1.41 bits per heavy atom. The van der Waals surface area contributed by atoms with Crippen molar-refractivity contribution in [2.24, 2.45) is 5.41 Å². The number of pyridine rings is 1. The molecule has 2 fully saturated rings. The Kier molecular flexibility index (Phi) is 4.84. The summed E-state index contributed by atoms with van der Waals surface area (Å²) in [6.07, 6.45) is 5.59. The molecule has 0 radical (unpaired) electrons. The van der Waals surface area contributed by atoms with Crippen LogP contribution in [0.3, 0.4) is 0 Å². The van der Waals surface area contributed by atoms with E-state index in [1.165, 1.54) is 0 Å². The lowest BCUT2D eigenvalue weighted by Gasteiger charge is -2.12. The molecule has 0 aromatic carbocycles. The minimum Gasteiger partial charge on any atom is -0.296 e. The maximum atomic E-state index is 9.26. The molecule has 3 N–H and O–H groups in total. The third-order valence-electron chi connectivity index (χ3n) is 4.84. The van der Waals surface area contributed by atoms with Crippen molar-refractivity contribution in [1.82, 2.24) is 14.1 Å². The lowest BCUT2D eigenvalue weighted by Crippen LogP contribution is -2.20. The molecule has 27 heavy (non-hydrogen) atoms. The van der Waals surface area contributed by atoms with E-state index in [9.17, 15) is 5.26 Å². The molecule has 2 aliphatic rings. The van der Waals surface area contributed by atoms with Crippen molar-refractivity contribution in [1.29, 1.82) is 16.1 Å². The van der Waals surface area contributed by atoms with Crippen molar-refractivity contribution in [2.45, 2.75) is 43.0 Å². The number of halogens is 2. The molecule has 0 atom stereocenters. The molecule has 2 aliphatic carbocycles. The van der Waals surface area contributed by atoms with Gasteiger partial charge in [0, 0.05) is 21.1 Å². The summed E-state index contributed by atoms with van der Waals surface area (Å²) >= 11 is 12.4. The lowest BCUT2D eigenvalue weighted by molar-refractivity contribution is 0.701. The summed E-state index contributed by atoms with van der Waals surface area (Å²) in [7, 11) is 0. The van der Waals surface area contributed by atoms with Crippen molar-refractivity contribution in [3.63, 3.8) is 0 Å². The number of aromatic nitrogens is 2. The number of nitrogens with zero attached hydrogens (tertiary/aromatic N) is 3. The molecule has 0 saturated heterocycles. The first-order valence-corrected chi connectivity index (χ1v) is 11.2. The van der Waals surface area contributed by atoms with Gasteiger partial charge in [-0.3, -0.25) is 19.9 Å². The molecule has 0 spiro atoms. The molecular weight excluding hydrogens is 468 g/mol. The number of imidazole rings is 1. The maximum absolute atomic E-state index is 9.26. The highest BCUT2D eigenvalue weighted by Gasteiger charge is 2.48. The number of nitrogens with one attached hydrogen (secondary N) is 3. The van der Waals surface area contributed by atoms with Crippen molar-refractivity contribution in [3.05, 3.63) is 27.7 Å². The third-order valence-corrected chi connectivity index (χ3v) is 7.74. The van der Waals surface area contributed by atoms with E-state index in [1.807, 2.05) is 12.3 Å². The van der Waals surface area contributed by atoms with Crippen molar-refractivity contribution in [3.8, 4) is 6.07 Å². The van der Waals surface area contributed by atoms with Gasteiger partial charge in [0.05, 0.1) is 16.6 Å². The van der Waals surface area contributed by atoms with Crippen molar-refractivity contribution in [2.75, 3.05) is 0 Å². The average Bonchev–Trinajstić information content (AvgIpc) is 3.53. The molecule has 2 aromatic heterocycles. The topological polar surface area (TPSA) is 101 Å². The molecule has 0 unspecified atom stereocenters. The van der Waals surface area contributed by atoms with E-state index in [2.05, 4.69) is 38.6 Å². The van der Waals surface area contributed by atoms with Gasteiger partial charge >= 0.3 is 0 Å². The molecule has 6 nitrogen and oxygen atoms in total. The molecule has 0 amide bonds. The van der Waals surface area contributed by atoms with Crippen molar-refractivity contribution < 1.29 is 0 Å². The first-order chi connectivity index (χ1) is 12.8. The van der Waals surface area contributed by atoms with E-state index in [0.717, 1.165) is 34.0 Å². The van der Waals surface area contributed by atoms with E-state index in [-0.39, 0.29) is 15.6 Å². The van der Waals surface area contributed by atoms with Crippen LogP contribution in [0.4, 0.5) is 0 Å². The fraction of sp³-hybridized carbons (Fsp3) is 0.412. The molecule has 140 valence electrons. The molecule has 4 rings (SSSR count). The van der Waals surface area contributed by atoms with Gasteiger partial charge in [0.25, 0.3) is 0 Å². The average molecular weight is 484 g/mol. The molecule has 0 bridgehead atoms. The van der Waals surface area contributed by atoms with Crippen LogP contribution in [-0.2, 0) is 0 Å². The summed E-state index contributed by atoms with van der Waals surface area (Å²) in [5.74, 6) is 0.374. The van der Waals surface area contributed by atoms with Crippen LogP contribution < -0.4 is 4.72 Å². The van der Waals surface area contributed by atoms with Crippen LogP contribution in [-0.4, -0.2) is 25.0 Å². The number of hydrogen-bond donors (Lipinski definition) is 3. The molecule has 0 aliphatic heterocycles. The van der Waals surface area contributed by atoms with Gasteiger partial charge < -0.3 is 0 Å². The van der Waals surface area contributed by atoms with Crippen LogP contribution in [0.25, 0.3) is 5.52 Å². The van der Waals surface area contributed by atoms with Crippen LogP contribution in [0, 0.1) is 27.6 Å². The van der Waals surface area contributed by atoms with Crippen LogP contribution in [0.2, 0.25) is 5.15 Å². The highest BCUT2D eigenvalue weighted by atomic mass is 79.9. The Bertz CT molecular complexity index is 1020. The first-order valence-electron chi connectivity index (χ1n) is 8.35. The van der Waals surface area contributed by atoms with E-state index in [1.54, 1.807) is 16.3 Å². The quantitative estimate of drug-likeness (QED) is 0.307. The number of fused-ring (bicyclic) bond motifs is 1. The predicted molar refractivity (Wildman–Crippen MR) is 114 cm³/mol. The number of thioether (sulfide) groups is 1. The summed E-state index contributed by atoms with van der Waals surface area (Å²) in [6, 6.07) is 4.17. The fourth-order valence-electron chi connectivity index (χ4n) is 2.55. The van der Waals surface area contributed by atoms with Crippen LogP contribution in [0.1, 0.15) is 38.4 Å². The number of nitriles is 1. The minimum atomic E-state index is -0.709. The van der Waals surface area contributed by atoms with Gasteiger partial charge in [0.2, 0.25) is 0 Å². The predicted octanol–water partition coefficient (Wildman–Crippen LogP) is 5.24. The smallest absolute Gasteiger partial charge is 0.171 e. The van der Waals surface area contributed by atoms with E-state index >= 15 is 0 Å². The zero-order valence-corrected chi connectivity index (χ0v) is 18.4. The summed E-state index contributed by atoms with van der Waals surface area (Å²) in [4.78, 5) is 5.31. The van der Waals surface area contributed by atoms with Gasteiger partial charge in [-0.25, -0.2) is 4.98 Å². The number of hydrogen-bond acceptors (Lipinski definition) is 7. The lowest BCUT2D eigenvalue weighted by atomic mass is 10.2. The Morgan fingerprint density at radius 2 is 2.11 bits per heavy atom. The molecule has 2 aromatic rings. The minimum absolute atomic E-state index is 0.111. The third kappa shape index (κ3) is 3.66. The summed E-state index contributed by atoms with van der Waals surface area (Å²) < 4.78 is 6.04. The van der Waals surface area contributed by atoms with Gasteiger partial charge in [0.15, 0.2) is 11.0 Å². The Morgan fingerprint density at radius 3 is 2.70 bits per heavy atom. The Balaban J connectivity index is 1.63. The zero-order chi connectivity index (χ0) is 19.4. The largest absolute Gasteiger partial charge is 0.296 e. The van der Waals surface area contributed by atoms with E-state index in [4.69, 9.17) is 22.4 Å². The van der Waals surface area contributed by atoms with Gasteiger partial charge in [0.1, 0.15) is 10.5 Å². The molecule has 2 saturated carbocycles. The first kappa shape index (κ1) is 19.3. The van der Waals surface area contributed by atoms with Gasteiger partial charge in [-0.1, -0.05) is 23.4 Å².